The van der Waals surface area contributed by atoms with Crippen molar-refractivity contribution >= 4 is 17.7 Å². The molecule has 6 nitrogen and oxygen atoms in total. The van der Waals surface area contributed by atoms with Crippen molar-refractivity contribution in [1.29, 1.82) is 0 Å². The van der Waals surface area contributed by atoms with Gasteiger partial charge in [-0.3, -0.25) is 14.4 Å². The summed E-state index contributed by atoms with van der Waals surface area (Å²) in [7, 11) is 0. The zero-order valence-corrected chi connectivity index (χ0v) is 14.6. The van der Waals surface area contributed by atoms with E-state index in [4.69, 9.17) is 0 Å². The van der Waals surface area contributed by atoms with Gasteiger partial charge in [-0.2, -0.15) is 0 Å². The van der Waals surface area contributed by atoms with Gasteiger partial charge in [-0.1, -0.05) is 30.3 Å². The molecule has 1 aliphatic rings. The Morgan fingerprint density at radius 2 is 1.79 bits per heavy atom. The lowest BCUT2D eigenvalue weighted by Crippen LogP contribution is -2.60. The van der Waals surface area contributed by atoms with Gasteiger partial charge in [0.1, 0.15) is 19.1 Å². The van der Waals surface area contributed by atoms with E-state index in [1.807, 2.05) is 44.2 Å². The van der Waals surface area contributed by atoms with Gasteiger partial charge in [-0.05, 0) is 26.3 Å². The Balaban J connectivity index is 2.05. The van der Waals surface area contributed by atoms with E-state index in [0.717, 1.165) is 5.56 Å². The fraction of sp³-hybridized carbons (Fsp3) is 0.500. The molecule has 0 saturated carbocycles. The SMILES string of the molecule is CCN(CC)C(=O)CN1C(=O)CN(Cc2ccccc2)C(=O)[C@H]1C. The molecule has 0 aromatic heterocycles. The topological polar surface area (TPSA) is 60.9 Å². The van der Waals surface area contributed by atoms with E-state index < -0.39 is 6.04 Å². The molecule has 0 radical (unpaired) electrons. The molecule has 3 amide bonds. The second-order valence-electron chi connectivity index (χ2n) is 5.94. The Bertz CT molecular complexity index is 599. The van der Waals surface area contributed by atoms with Crippen molar-refractivity contribution in [2.45, 2.75) is 33.4 Å². The van der Waals surface area contributed by atoms with Gasteiger partial charge in [-0.25, -0.2) is 0 Å². The third kappa shape index (κ3) is 3.93. The number of likely N-dealkylation sites (N-methyl/N-ethyl adjacent to an activating group) is 1. The summed E-state index contributed by atoms with van der Waals surface area (Å²) in [5.41, 5.74) is 0.985. The highest BCUT2D eigenvalue weighted by Crippen LogP contribution is 2.16. The molecule has 1 heterocycles. The molecule has 24 heavy (non-hydrogen) atoms. The monoisotopic (exact) mass is 331 g/mol. The minimum absolute atomic E-state index is 0.0175. The lowest BCUT2D eigenvalue weighted by molar-refractivity contribution is -0.158. The first kappa shape index (κ1) is 18.0. The van der Waals surface area contributed by atoms with Crippen molar-refractivity contribution in [3.05, 3.63) is 35.9 Å². The average Bonchev–Trinajstić information content (AvgIpc) is 2.58. The summed E-state index contributed by atoms with van der Waals surface area (Å²) < 4.78 is 0. The molecule has 6 heteroatoms. The van der Waals surface area contributed by atoms with Crippen molar-refractivity contribution in [1.82, 2.24) is 14.7 Å². The Morgan fingerprint density at radius 1 is 1.17 bits per heavy atom. The normalized spacial score (nSPS) is 18.0. The maximum Gasteiger partial charge on any atom is 0.245 e. The number of hydrogen-bond donors (Lipinski definition) is 0. The summed E-state index contributed by atoms with van der Waals surface area (Å²) in [6.07, 6.45) is 0. The van der Waals surface area contributed by atoms with Gasteiger partial charge in [0.2, 0.25) is 17.7 Å². The van der Waals surface area contributed by atoms with Gasteiger partial charge in [0.25, 0.3) is 0 Å². The minimum atomic E-state index is -0.616. The number of hydrogen-bond acceptors (Lipinski definition) is 3. The van der Waals surface area contributed by atoms with Crippen LogP contribution in [0.5, 0.6) is 0 Å². The van der Waals surface area contributed by atoms with Gasteiger partial charge in [-0.15, -0.1) is 0 Å². The number of benzene rings is 1. The largest absolute Gasteiger partial charge is 0.342 e. The van der Waals surface area contributed by atoms with Crippen LogP contribution in [0.2, 0.25) is 0 Å². The highest BCUT2D eigenvalue weighted by atomic mass is 16.2. The Labute approximate surface area is 143 Å². The second-order valence-corrected chi connectivity index (χ2v) is 5.94. The fourth-order valence-electron chi connectivity index (χ4n) is 2.93. The predicted octanol–water partition coefficient (Wildman–Crippen LogP) is 1.11. The summed E-state index contributed by atoms with van der Waals surface area (Å²) in [5.74, 6) is -0.422. The van der Waals surface area contributed by atoms with Crippen molar-refractivity contribution in [2.75, 3.05) is 26.2 Å². The maximum absolute atomic E-state index is 12.6. The van der Waals surface area contributed by atoms with Crippen LogP contribution in [-0.2, 0) is 20.9 Å². The van der Waals surface area contributed by atoms with Crippen LogP contribution >= 0.6 is 0 Å². The van der Waals surface area contributed by atoms with Crippen molar-refractivity contribution < 1.29 is 14.4 Å². The van der Waals surface area contributed by atoms with E-state index in [0.29, 0.717) is 19.6 Å². The maximum atomic E-state index is 12.6. The van der Waals surface area contributed by atoms with Gasteiger partial charge in [0, 0.05) is 19.6 Å². The van der Waals surface area contributed by atoms with E-state index in [2.05, 4.69) is 0 Å². The molecule has 1 fully saturated rings. The molecular weight excluding hydrogens is 306 g/mol. The van der Waals surface area contributed by atoms with E-state index >= 15 is 0 Å². The number of carbonyl (C=O) groups is 3. The van der Waals surface area contributed by atoms with Crippen LogP contribution in [0.15, 0.2) is 30.3 Å². The van der Waals surface area contributed by atoms with E-state index in [9.17, 15) is 14.4 Å². The molecule has 1 aromatic rings. The molecule has 2 rings (SSSR count). The second kappa shape index (κ2) is 7.95. The summed E-state index contributed by atoms with van der Waals surface area (Å²) in [4.78, 5) is 41.9. The van der Waals surface area contributed by atoms with Crippen molar-refractivity contribution in [3.8, 4) is 0 Å². The summed E-state index contributed by atoms with van der Waals surface area (Å²) in [5, 5.41) is 0. The molecule has 0 unspecified atom stereocenters. The number of carbonyl (C=O) groups excluding carboxylic acids is 3. The number of piperazine rings is 1. The predicted molar refractivity (Wildman–Crippen MR) is 91.0 cm³/mol. The molecule has 1 aromatic carbocycles. The van der Waals surface area contributed by atoms with Crippen LogP contribution in [0.3, 0.4) is 0 Å². The molecule has 1 aliphatic heterocycles. The van der Waals surface area contributed by atoms with Gasteiger partial charge in [0.05, 0.1) is 0 Å². The summed E-state index contributed by atoms with van der Waals surface area (Å²) >= 11 is 0. The Hall–Kier alpha value is -2.37. The number of rotatable bonds is 6. The highest BCUT2D eigenvalue weighted by Gasteiger charge is 2.37. The third-order valence-electron chi connectivity index (χ3n) is 4.42. The fourth-order valence-corrected chi connectivity index (χ4v) is 2.93. The Kier molecular flexibility index (Phi) is 5.95. The molecule has 0 bridgehead atoms. The average molecular weight is 331 g/mol. The molecule has 1 atom stereocenters. The van der Waals surface area contributed by atoms with Crippen molar-refractivity contribution in [3.63, 3.8) is 0 Å². The van der Waals surface area contributed by atoms with Crippen molar-refractivity contribution in [2.24, 2.45) is 0 Å². The number of nitrogens with zero attached hydrogens (tertiary/aromatic N) is 3. The first-order valence-electron chi connectivity index (χ1n) is 8.37. The smallest absolute Gasteiger partial charge is 0.245 e. The molecule has 0 N–H and O–H groups in total. The molecule has 0 spiro atoms. The number of amides is 3. The zero-order valence-electron chi connectivity index (χ0n) is 14.6. The summed E-state index contributed by atoms with van der Waals surface area (Å²) in [6, 6.07) is 8.97. The zero-order chi connectivity index (χ0) is 17.7. The van der Waals surface area contributed by atoms with E-state index in [-0.39, 0.29) is 30.8 Å². The van der Waals surface area contributed by atoms with Gasteiger partial charge < -0.3 is 14.7 Å². The first-order valence-corrected chi connectivity index (χ1v) is 8.37. The van der Waals surface area contributed by atoms with Crippen LogP contribution in [0, 0.1) is 0 Å². The van der Waals surface area contributed by atoms with E-state index in [1.165, 1.54) is 4.90 Å². The summed E-state index contributed by atoms with van der Waals surface area (Å²) in [6.45, 7) is 7.07. The highest BCUT2D eigenvalue weighted by molar-refractivity contribution is 5.96. The quantitative estimate of drug-likeness (QED) is 0.785. The molecular formula is C18H25N3O3. The van der Waals surface area contributed by atoms with Crippen LogP contribution in [0.25, 0.3) is 0 Å². The van der Waals surface area contributed by atoms with Crippen LogP contribution in [0.4, 0.5) is 0 Å². The van der Waals surface area contributed by atoms with Crippen LogP contribution in [-0.4, -0.2) is 64.6 Å². The lowest BCUT2D eigenvalue weighted by Gasteiger charge is -2.39. The molecule has 0 aliphatic carbocycles. The minimum Gasteiger partial charge on any atom is -0.342 e. The van der Waals surface area contributed by atoms with Gasteiger partial charge >= 0.3 is 0 Å². The molecule has 130 valence electrons. The lowest BCUT2D eigenvalue weighted by atomic mass is 10.1. The molecule has 1 saturated heterocycles. The van der Waals surface area contributed by atoms with Crippen LogP contribution in [0.1, 0.15) is 26.3 Å². The van der Waals surface area contributed by atoms with Gasteiger partial charge in [0.15, 0.2) is 0 Å². The first-order chi connectivity index (χ1) is 11.5. The van der Waals surface area contributed by atoms with E-state index in [1.54, 1.807) is 16.7 Å². The van der Waals surface area contributed by atoms with Crippen LogP contribution < -0.4 is 0 Å². The Morgan fingerprint density at radius 3 is 2.38 bits per heavy atom. The third-order valence-corrected chi connectivity index (χ3v) is 4.42. The standard InChI is InChI=1S/C18H25N3O3/c1-4-19(5-2)16(22)13-21-14(3)18(24)20(12-17(21)23)11-15-9-7-6-8-10-15/h6-10,14H,4-5,11-13H2,1-3H3/t14-/m1/s1.